The van der Waals surface area contributed by atoms with E-state index in [9.17, 15) is 77.3 Å². The number of nitrogens with one attached hydrogen (secondary N) is 9. The number of benzene rings is 1. The van der Waals surface area contributed by atoms with Gasteiger partial charge in [-0.25, -0.2) is 0 Å². The summed E-state index contributed by atoms with van der Waals surface area (Å²) >= 11 is 0. The molecule has 0 aromatic heterocycles. The van der Waals surface area contributed by atoms with Gasteiger partial charge in [-0.05, 0) is 75.7 Å². The zero-order valence-electron chi connectivity index (χ0n) is 51.6. The van der Waals surface area contributed by atoms with Crippen LogP contribution in [0.1, 0.15) is 132 Å². The van der Waals surface area contributed by atoms with Gasteiger partial charge in [-0.1, -0.05) is 84.7 Å². The normalized spacial score (nSPS) is 18.8. The molecule has 0 radical (unpaired) electrons. The van der Waals surface area contributed by atoms with Crippen LogP contribution in [0.25, 0.3) is 0 Å². The second kappa shape index (κ2) is 35.5. The SMILES string of the molecule is CCC(C)C(NC(=O)C1CCCN1C(=O)C(Cc1ccccc1)NC(=O)C(CC(N)=O)NC(=O)C(CC(C)C)NC(=O)C(NC(=O)C(C)NC(C)=O)C(C)O)C(=O)NC(CO)C(=O)N1CCCC1C(=O)NC(C(=O)NC(CCC(=O)O)C(N)=O)C(C)CC. The summed E-state index contributed by atoms with van der Waals surface area (Å²) in [5, 5.41) is 52.8. The Hall–Kier alpha value is -8.28. The van der Waals surface area contributed by atoms with Crippen LogP contribution >= 0.6 is 0 Å². The number of hydrogen-bond donors (Lipinski definition) is 14. The highest BCUT2D eigenvalue weighted by molar-refractivity contribution is 6.00. The summed E-state index contributed by atoms with van der Waals surface area (Å²) in [6.45, 7) is 13.1. The molecular formula is C58H91N13O17. The molecule has 2 heterocycles. The molecule has 13 amide bonds. The maximum Gasteiger partial charge on any atom is 0.303 e. The van der Waals surface area contributed by atoms with Gasteiger partial charge < -0.3 is 84.4 Å². The number of rotatable bonds is 35. The summed E-state index contributed by atoms with van der Waals surface area (Å²) < 4.78 is 0. The Labute approximate surface area is 511 Å². The molecular weight excluding hydrogens is 1150 g/mol. The van der Waals surface area contributed by atoms with Crippen LogP contribution in [0.2, 0.25) is 0 Å². The van der Waals surface area contributed by atoms with E-state index in [-0.39, 0.29) is 51.1 Å². The third-order valence-corrected chi connectivity index (χ3v) is 15.5. The molecule has 0 spiro atoms. The van der Waals surface area contributed by atoms with Crippen LogP contribution in [0.15, 0.2) is 30.3 Å². The number of primary amides is 2. The predicted octanol–water partition coefficient (Wildman–Crippen LogP) is -3.65. The highest BCUT2D eigenvalue weighted by atomic mass is 16.4. The highest BCUT2D eigenvalue weighted by Gasteiger charge is 2.44. The number of aliphatic hydroxyl groups excluding tert-OH is 2. The van der Waals surface area contributed by atoms with E-state index in [4.69, 9.17) is 16.6 Å². The van der Waals surface area contributed by atoms with E-state index in [1.807, 2.05) is 0 Å². The van der Waals surface area contributed by atoms with E-state index in [0.29, 0.717) is 31.2 Å². The van der Waals surface area contributed by atoms with Crippen molar-refractivity contribution >= 4 is 82.8 Å². The second-order valence-corrected chi connectivity index (χ2v) is 23.1. The molecule has 88 heavy (non-hydrogen) atoms. The molecule has 3 rings (SSSR count). The van der Waals surface area contributed by atoms with E-state index in [2.05, 4.69) is 47.9 Å². The Kier molecular flexibility index (Phi) is 29.8. The first-order valence-electron chi connectivity index (χ1n) is 29.8. The number of carboxylic acid groups (broad SMARTS) is 1. The first-order valence-corrected chi connectivity index (χ1v) is 29.8. The first-order chi connectivity index (χ1) is 41.3. The molecule has 16 N–H and O–H groups in total. The average Bonchev–Trinajstić information content (AvgIpc) is 3.79. The zero-order valence-corrected chi connectivity index (χ0v) is 51.6. The third kappa shape index (κ3) is 22.5. The number of nitrogens with two attached hydrogens (primary N) is 2. The van der Waals surface area contributed by atoms with Gasteiger partial charge in [0.2, 0.25) is 76.8 Å². The quantitative estimate of drug-likeness (QED) is 0.0312. The van der Waals surface area contributed by atoms with Gasteiger partial charge in [-0.3, -0.25) is 67.1 Å². The van der Waals surface area contributed by atoms with Crippen LogP contribution in [0.5, 0.6) is 0 Å². The number of aliphatic hydroxyl groups is 2. The second-order valence-electron chi connectivity index (χ2n) is 23.1. The Balaban J connectivity index is 1.86. The van der Waals surface area contributed by atoms with Crippen LogP contribution in [0, 0.1) is 17.8 Å². The van der Waals surface area contributed by atoms with Crippen molar-refractivity contribution in [3.63, 3.8) is 0 Å². The van der Waals surface area contributed by atoms with E-state index < -0.39 is 187 Å². The van der Waals surface area contributed by atoms with Gasteiger partial charge in [0.25, 0.3) is 0 Å². The van der Waals surface area contributed by atoms with Crippen LogP contribution in [-0.4, -0.2) is 200 Å². The van der Waals surface area contributed by atoms with Gasteiger partial charge in [0.1, 0.15) is 66.5 Å². The van der Waals surface area contributed by atoms with E-state index in [1.165, 1.54) is 25.7 Å². The maximum atomic E-state index is 14.8. The van der Waals surface area contributed by atoms with E-state index in [1.54, 1.807) is 71.9 Å². The fraction of sp³-hybridized carbons (Fsp3) is 0.655. The Bertz CT molecular complexity index is 2660. The average molecular weight is 1240 g/mol. The van der Waals surface area contributed by atoms with Gasteiger partial charge in [-0.15, -0.1) is 0 Å². The number of carbonyl (C=O) groups excluding carboxylic acids is 13. The largest absolute Gasteiger partial charge is 0.481 e. The van der Waals surface area contributed by atoms with Gasteiger partial charge >= 0.3 is 5.97 Å². The maximum absolute atomic E-state index is 14.8. The van der Waals surface area contributed by atoms with Crippen molar-refractivity contribution in [2.24, 2.45) is 29.2 Å². The minimum atomic E-state index is -1.74. The summed E-state index contributed by atoms with van der Waals surface area (Å²) in [6.07, 6.45) is -1.76. The van der Waals surface area contributed by atoms with Gasteiger partial charge in [0.15, 0.2) is 0 Å². The molecule has 2 saturated heterocycles. The summed E-state index contributed by atoms with van der Waals surface area (Å²) in [7, 11) is 0. The Morgan fingerprint density at radius 2 is 1.02 bits per heavy atom. The number of hydrogen-bond acceptors (Lipinski definition) is 16. The lowest BCUT2D eigenvalue weighted by Gasteiger charge is -2.33. The summed E-state index contributed by atoms with van der Waals surface area (Å²) in [5.74, 6) is -13.9. The number of amides is 13. The molecule has 14 unspecified atom stereocenters. The lowest BCUT2D eigenvalue weighted by molar-refractivity contribution is -0.144. The number of likely N-dealkylation sites (tertiary alicyclic amines) is 2. The molecule has 0 bridgehead atoms. The van der Waals surface area contributed by atoms with Crippen molar-refractivity contribution in [3.05, 3.63) is 35.9 Å². The fourth-order valence-corrected chi connectivity index (χ4v) is 10.2. The van der Waals surface area contributed by atoms with E-state index >= 15 is 0 Å². The van der Waals surface area contributed by atoms with Gasteiger partial charge in [-0.2, -0.15) is 0 Å². The monoisotopic (exact) mass is 1240 g/mol. The van der Waals surface area contributed by atoms with Gasteiger partial charge in [0.05, 0.1) is 19.1 Å². The number of nitrogens with zero attached hydrogens (tertiary/aromatic N) is 2. The van der Waals surface area contributed by atoms with E-state index in [0.717, 1.165) is 4.90 Å². The Morgan fingerprint density at radius 3 is 1.47 bits per heavy atom. The number of aliphatic carboxylic acids is 1. The summed E-state index contributed by atoms with van der Waals surface area (Å²) in [4.78, 5) is 190. The number of carboxylic acids is 1. The molecule has 0 aliphatic carbocycles. The molecule has 30 heteroatoms. The van der Waals surface area contributed by atoms with Crippen LogP contribution in [0.4, 0.5) is 0 Å². The van der Waals surface area contributed by atoms with Crippen LogP contribution in [0.3, 0.4) is 0 Å². The standard InChI is InChI=1S/C58H91N13O17/c1-10-30(5)45(54(84)62-36(48(60)78)21-22-44(76)77)67-53(83)42-20-16-24-71(42)58(88)40(28-72)66-55(85)46(31(6)11-2)68-52(82)41-19-15-23-70(41)57(87)39(26-35-17-13-12-14-18-35)65-51(81)38(27-43(59)75)63-50(80)37(25-29(3)4)64-56(86)47(33(8)73)69-49(79)32(7)61-34(9)74/h12-14,17-18,29-33,36-42,45-47,72-73H,10-11,15-16,19-28H2,1-9H3,(H2,59,75)(H2,60,78)(H,61,74)(H,62,84)(H,63,80)(H,64,86)(H,65,81)(H,66,85)(H,67,83)(H,68,82)(H,69,79)(H,76,77). The van der Waals surface area contributed by atoms with Crippen molar-refractivity contribution in [1.29, 1.82) is 0 Å². The molecule has 490 valence electrons. The summed E-state index contributed by atoms with van der Waals surface area (Å²) in [5.41, 5.74) is 11.5. The van der Waals surface area contributed by atoms with Crippen molar-refractivity contribution in [2.45, 2.75) is 206 Å². The Morgan fingerprint density at radius 1 is 0.568 bits per heavy atom. The molecule has 1 aromatic rings. The van der Waals surface area contributed by atoms with Crippen molar-refractivity contribution < 1.29 is 82.4 Å². The minimum Gasteiger partial charge on any atom is -0.481 e. The lowest BCUT2D eigenvalue weighted by atomic mass is 9.96. The molecule has 2 aliphatic rings. The fourth-order valence-electron chi connectivity index (χ4n) is 10.2. The molecule has 30 nitrogen and oxygen atoms in total. The van der Waals surface area contributed by atoms with Crippen molar-refractivity contribution in [2.75, 3.05) is 19.7 Å². The predicted molar refractivity (Wildman–Crippen MR) is 315 cm³/mol. The topological polar surface area (TPSA) is 466 Å². The molecule has 0 saturated carbocycles. The van der Waals surface area contributed by atoms with Crippen molar-refractivity contribution in [1.82, 2.24) is 57.7 Å². The first kappa shape index (κ1) is 74.0. The highest BCUT2D eigenvalue weighted by Crippen LogP contribution is 2.23. The van der Waals surface area contributed by atoms with Crippen LogP contribution in [-0.2, 0) is 73.5 Å². The zero-order chi connectivity index (χ0) is 66.3. The smallest absolute Gasteiger partial charge is 0.303 e. The lowest BCUT2D eigenvalue weighted by Crippen LogP contribution is -2.62. The minimum absolute atomic E-state index is 0.00545. The molecule has 2 fully saturated rings. The molecule has 2 aliphatic heterocycles. The van der Waals surface area contributed by atoms with Crippen LogP contribution < -0.4 is 59.3 Å². The van der Waals surface area contributed by atoms with Gasteiger partial charge in [0, 0.05) is 32.9 Å². The van der Waals surface area contributed by atoms with Crippen molar-refractivity contribution in [3.8, 4) is 0 Å². The molecule has 14 atom stereocenters. The third-order valence-electron chi connectivity index (χ3n) is 15.5. The molecule has 1 aromatic carbocycles. The number of carbonyl (C=O) groups is 14. The summed E-state index contributed by atoms with van der Waals surface area (Å²) in [6, 6.07) is -6.91.